The molecule has 0 saturated carbocycles. The van der Waals surface area contributed by atoms with Crippen LogP contribution in [-0.4, -0.2) is 22.2 Å². The van der Waals surface area contributed by atoms with E-state index in [4.69, 9.17) is 10.2 Å². The molecule has 0 spiro atoms. The van der Waals surface area contributed by atoms with E-state index in [1.54, 1.807) is 6.92 Å². The zero-order chi connectivity index (χ0) is 10.4. The molecule has 0 saturated heterocycles. The molecule has 1 unspecified atom stereocenters. The molecule has 0 aromatic heterocycles. The van der Waals surface area contributed by atoms with Gasteiger partial charge in [0.25, 0.3) is 0 Å². The molecule has 0 aliphatic carbocycles. The lowest BCUT2D eigenvalue weighted by Gasteiger charge is -2.15. The van der Waals surface area contributed by atoms with Crippen LogP contribution in [0.5, 0.6) is 0 Å². The molecule has 0 bridgehead atoms. The lowest BCUT2D eigenvalue weighted by molar-refractivity contribution is -0.157. The number of carbonyl (C=O) groups is 2. The Labute approximate surface area is 77.6 Å². The Morgan fingerprint density at radius 2 is 1.69 bits per heavy atom. The summed E-state index contributed by atoms with van der Waals surface area (Å²) in [5, 5.41) is 17.3. The van der Waals surface area contributed by atoms with Crippen molar-refractivity contribution in [2.45, 2.75) is 33.1 Å². The molecule has 2 N–H and O–H groups in total. The van der Waals surface area contributed by atoms with Crippen molar-refractivity contribution < 1.29 is 19.8 Å². The number of unbranched alkanes of at least 4 members (excludes halogenated alkanes) is 1. The minimum atomic E-state index is -1.26. The number of carboxylic acid groups (broad SMARTS) is 2. The average molecular weight is 188 g/mol. The van der Waals surface area contributed by atoms with Crippen LogP contribution in [0.1, 0.15) is 33.1 Å². The van der Waals surface area contributed by atoms with Crippen molar-refractivity contribution in [2.24, 2.45) is 11.8 Å². The van der Waals surface area contributed by atoms with Gasteiger partial charge in [-0.05, 0) is 12.3 Å². The molecule has 0 fully saturated rings. The van der Waals surface area contributed by atoms with Gasteiger partial charge in [0.05, 0.1) is 0 Å². The molecule has 4 heteroatoms. The van der Waals surface area contributed by atoms with E-state index in [0.717, 1.165) is 12.8 Å². The van der Waals surface area contributed by atoms with E-state index in [2.05, 4.69) is 0 Å². The minimum absolute atomic E-state index is 0.296. The van der Waals surface area contributed by atoms with Gasteiger partial charge in [-0.3, -0.25) is 9.59 Å². The topological polar surface area (TPSA) is 74.6 Å². The minimum Gasteiger partial charge on any atom is -0.481 e. The largest absolute Gasteiger partial charge is 0.481 e. The zero-order valence-electron chi connectivity index (χ0n) is 7.99. The summed E-state index contributed by atoms with van der Waals surface area (Å²) in [4.78, 5) is 21.1. The van der Waals surface area contributed by atoms with Crippen LogP contribution in [0.3, 0.4) is 0 Å². The smallest absolute Gasteiger partial charge is 0.318 e. The number of aliphatic carboxylic acids is 2. The monoisotopic (exact) mass is 188 g/mol. The highest BCUT2D eigenvalue weighted by Gasteiger charge is 2.31. The first-order chi connectivity index (χ1) is 6.00. The number of hydrogen-bond acceptors (Lipinski definition) is 2. The van der Waals surface area contributed by atoms with Gasteiger partial charge in [0.15, 0.2) is 5.92 Å². The van der Waals surface area contributed by atoms with Crippen LogP contribution in [-0.2, 0) is 9.59 Å². The lowest BCUT2D eigenvalue weighted by Crippen LogP contribution is -2.29. The molecule has 0 aromatic carbocycles. The molecule has 0 radical (unpaired) electrons. The highest BCUT2D eigenvalue weighted by molar-refractivity contribution is 5.93. The van der Waals surface area contributed by atoms with E-state index in [1.807, 2.05) is 6.92 Å². The van der Waals surface area contributed by atoms with Crippen LogP contribution in [0.2, 0.25) is 0 Å². The van der Waals surface area contributed by atoms with Gasteiger partial charge in [0.2, 0.25) is 0 Å². The predicted octanol–water partition coefficient (Wildman–Crippen LogP) is 1.60. The van der Waals surface area contributed by atoms with Gasteiger partial charge in [-0.15, -0.1) is 0 Å². The third-order valence-electron chi connectivity index (χ3n) is 2.11. The van der Waals surface area contributed by atoms with Gasteiger partial charge in [0, 0.05) is 0 Å². The van der Waals surface area contributed by atoms with Gasteiger partial charge >= 0.3 is 11.9 Å². The van der Waals surface area contributed by atoms with Crippen molar-refractivity contribution in [3.8, 4) is 0 Å². The molecule has 76 valence electrons. The van der Waals surface area contributed by atoms with Crippen LogP contribution < -0.4 is 0 Å². The van der Waals surface area contributed by atoms with Crippen LogP contribution in [0.15, 0.2) is 0 Å². The third-order valence-corrected chi connectivity index (χ3v) is 2.11. The molecule has 0 rings (SSSR count). The fourth-order valence-corrected chi connectivity index (χ4v) is 1.29. The summed E-state index contributed by atoms with van der Waals surface area (Å²) in [6.07, 6.45) is 2.48. The Hall–Kier alpha value is -1.06. The SMILES string of the molecule is CCCCC(C)C(C(=O)O)C(=O)O. The maximum Gasteiger partial charge on any atom is 0.318 e. The van der Waals surface area contributed by atoms with E-state index in [0.29, 0.717) is 6.42 Å². The van der Waals surface area contributed by atoms with Crippen LogP contribution in [0.4, 0.5) is 0 Å². The second-order valence-corrected chi connectivity index (χ2v) is 3.27. The quantitative estimate of drug-likeness (QED) is 0.621. The zero-order valence-corrected chi connectivity index (χ0v) is 7.99. The Kier molecular flexibility index (Phi) is 5.11. The van der Waals surface area contributed by atoms with Crippen LogP contribution in [0.25, 0.3) is 0 Å². The van der Waals surface area contributed by atoms with E-state index in [1.165, 1.54) is 0 Å². The highest BCUT2D eigenvalue weighted by Crippen LogP contribution is 2.18. The van der Waals surface area contributed by atoms with Gasteiger partial charge in [-0.25, -0.2) is 0 Å². The summed E-state index contributed by atoms with van der Waals surface area (Å²) in [6, 6.07) is 0. The molecule has 0 aromatic rings. The molecular formula is C9H16O4. The highest BCUT2D eigenvalue weighted by atomic mass is 16.4. The van der Waals surface area contributed by atoms with Gasteiger partial charge < -0.3 is 10.2 Å². The van der Waals surface area contributed by atoms with E-state index < -0.39 is 17.9 Å². The molecular weight excluding hydrogens is 172 g/mol. The summed E-state index contributed by atoms with van der Waals surface area (Å²) in [7, 11) is 0. The van der Waals surface area contributed by atoms with Gasteiger partial charge in [-0.2, -0.15) is 0 Å². The Morgan fingerprint density at radius 1 is 1.23 bits per heavy atom. The number of hydrogen-bond donors (Lipinski definition) is 2. The molecule has 4 nitrogen and oxygen atoms in total. The fraction of sp³-hybridized carbons (Fsp3) is 0.778. The maximum absolute atomic E-state index is 10.6. The lowest BCUT2D eigenvalue weighted by atomic mass is 9.90. The molecule has 0 aliphatic rings. The predicted molar refractivity (Wildman–Crippen MR) is 47.5 cm³/mol. The summed E-state index contributed by atoms with van der Waals surface area (Å²) >= 11 is 0. The summed E-state index contributed by atoms with van der Waals surface area (Å²) in [5.41, 5.74) is 0. The number of rotatable bonds is 6. The van der Waals surface area contributed by atoms with Crippen LogP contribution >= 0.6 is 0 Å². The summed E-state index contributed by atoms with van der Waals surface area (Å²) < 4.78 is 0. The normalized spacial score (nSPS) is 12.8. The van der Waals surface area contributed by atoms with Crippen molar-refractivity contribution in [3.63, 3.8) is 0 Å². The molecule has 0 amide bonds. The van der Waals surface area contributed by atoms with E-state index >= 15 is 0 Å². The standard InChI is InChI=1S/C9H16O4/c1-3-4-5-6(2)7(8(10)11)9(12)13/h6-7H,3-5H2,1-2H3,(H,10,11)(H,12,13). The van der Waals surface area contributed by atoms with Crippen molar-refractivity contribution in [3.05, 3.63) is 0 Å². The molecule has 0 heterocycles. The molecule has 0 aliphatic heterocycles. The Balaban J connectivity index is 4.20. The second kappa shape index (κ2) is 5.56. The third kappa shape index (κ3) is 3.92. The van der Waals surface area contributed by atoms with Gasteiger partial charge in [0.1, 0.15) is 0 Å². The van der Waals surface area contributed by atoms with Crippen LogP contribution in [0, 0.1) is 11.8 Å². The average Bonchev–Trinajstić information content (AvgIpc) is 1.99. The molecule has 1 atom stereocenters. The van der Waals surface area contributed by atoms with Crippen molar-refractivity contribution >= 4 is 11.9 Å². The Morgan fingerprint density at radius 3 is 2.00 bits per heavy atom. The second-order valence-electron chi connectivity index (χ2n) is 3.27. The van der Waals surface area contributed by atoms with E-state index in [9.17, 15) is 9.59 Å². The summed E-state index contributed by atoms with van der Waals surface area (Å²) in [5.74, 6) is -4.03. The van der Waals surface area contributed by atoms with E-state index in [-0.39, 0.29) is 5.92 Å². The first-order valence-corrected chi connectivity index (χ1v) is 4.46. The number of carboxylic acids is 2. The first kappa shape index (κ1) is 11.9. The molecule has 13 heavy (non-hydrogen) atoms. The van der Waals surface area contributed by atoms with Gasteiger partial charge in [-0.1, -0.05) is 26.7 Å². The van der Waals surface area contributed by atoms with Crippen molar-refractivity contribution in [1.29, 1.82) is 0 Å². The first-order valence-electron chi connectivity index (χ1n) is 4.46. The maximum atomic E-state index is 10.6. The van der Waals surface area contributed by atoms with Crippen molar-refractivity contribution in [1.82, 2.24) is 0 Å². The summed E-state index contributed by atoms with van der Waals surface area (Å²) in [6.45, 7) is 3.66. The Bertz CT molecular complexity index is 174. The fourth-order valence-electron chi connectivity index (χ4n) is 1.29. The van der Waals surface area contributed by atoms with Crippen molar-refractivity contribution in [2.75, 3.05) is 0 Å².